The molecule has 1 fully saturated rings. The number of aromatic nitrogens is 7. The van der Waals surface area contributed by atoms with Gasteiger partial charge in [0.1, 0.15) is 11.5 Å². The third-order valence-electron chi connectivity index (χ3n) is 6.70. The van der Waals surface area contributed by atoms with Gasteiger partial charge in [0.15, 0.2) is 22.2 Å². The average molecular weight is 515 g/mol. The third kappa shape index (κ3) is 3.87. The van der Waals surface area contributed by atoms with Gasteiger partial charge in [0, 0.05) is 52.9 Å². The van der Waals surface area contributed by atoms with Gasteiger partial charge in [-0.1, -0.05) is 0 Å². The predicted molar refractivity (Wildman–Crippen MR) is 138 cm³/mol. The van der Waals surface area contributed by atoms with Crippen LogP contribution in [0.5, 0.6) is 0 Å². The quantitative estimate of drug-likeness (QED) is 0.313. The van der Waals surface area contributed by atoms with Gasteiger partial charge in [-0.2, -0.15) is 9.49 Å². The van der Waals surface area contributed by atoms with Crippen LogP contribution < -0.4 is 0 Å². The van der Waals surface area contributed by atoms with Crippen molar-refractivity contribution in [3.8, 4) is 33.1 Å². The number of H-pyrrole nitrogens is 2. The molecule has 37 heavy (non-hydrogen) atoms. The number of hydrogen-bond acceptors (Lipinski definition) is 7. The van der Waals surface area contributed by atoms with E-state index in [0.717, 1.165) is 47.0 Å². The highest BCUT2D eigenvalue weighted by molar-refractivity contribution is 7.14. The molecular weight excluding hydrogens is 494 g/mol. The number of rotatable bonds is 5. The zero-order valence-corrected chi connectivity index (χ0v) is 20.3. The van der Waals surface area contributed by atoms with Crippen molar-refractivity contribution in [3.05, 3.63) is 65.6 Å². The maximum atomic E-state index is 16.0. The van der Waals surface area contributed by atoms with Crippen LogP contribution in [0.4, 0.5) is 8.78 Å². The van der Waals surface area contributed by atoms with Crippen molar-refractivity contribution in [2.24, 2.45) is 0 Å². The Bertz CT molecular complexity index is 1770. The molecule has 184 valence electrons. The van der Waals surface area contributed by atoms with Crippen LogP contribution in [-0.2, 0) is 6.54 Å². The van der Waals surface area contributed by atoms with Gasteiger partial charge in [-0.3, -0.25) is 15.0 Å². The van der Waals surface area contributed by atoms with Crippen LogP contribution in [0.2, 0.25) is 0 Å². The van der Waals surface area contributed by atoms with E-state index in [1.807, 2.05) is 12.3 Å². The summed E-state index contributed by atoms with van der Waals surface area (Å²) in [6.07, 6.45) is 8.99. The summed E-state index contributed by atoms with van der Waals surface area (Å²) in [6, 6.07) is 6.89. The van der Waals surface area contributed by atoms with Gasteiger partial charge in [0.2, 0.25) is 0 Å². The standard InChI is InChI=1S/C26H20F2N8S/c27-19-4-3-18(37-19)16-5-6-30-25-22(16)32-26(33-25)23-20-21(28)17(12-31-24(20)35-34-23)15-9-14(10-29-11-15)13-36-7-1-2-8-36/h3-6,9-12H,1-2,7-8,13H2,(H,30,32,33)(H,31,34,35). The zero-order chi connectivity index (χ0) is 24.9. The lowest BCUT2D eigenvalue weighted by Gasteiger charge is -2.15. The van der Waals surface area contributed by atoms with Crippen LogP contribution in [0.3, 0.4) is 0 Å². The molecule has 0 bridgehead atoms. The minimum absolute atomic E-state index is 0.227. The van der Waals surface area contributed by atoms with Crippen LogP contribution >= 0.6 is 11.3 Å². The van der Waals surface area contributed by atoms with E-state index in [4.69, 9.17) is 0 Å². The van der Waals surface area contributed by atoms with Crippen LogP contribution in [0.15, 0.2) is 49.1 Å². The summed E-state index contributed by atoms with van der Waals surface area (Å²) >= 11 is 1.04. The first-order chi connectivity index (χ1) is 18.1. The van der Waals surface area contributed by atoms with Crippen molar-refractivity contribution in [3.63, 3.8) is 0 Å². The molecule has 1 aliphatic rings. The molecule has 2 N–H and O–H groups in total. The van der Waals surface area contributed by atoms with E-state index in [1.165, 1.54) is 25.1 Å². The Balaban J connectivity index is 1.31. The fourth-order valence-corrected chi connectivity index (χ4v) is 5.70. The number of hydrogen-bond donors (Lipinski definition) is 2. The number of nitrogens with one attached hydrogen (secondary N) is 2. The SMILES string of the molecule is Fc1ccc(-c2ccnc3nc(-c4[nH]nc5ncc(-c6cncc(CN7CCCC7)c6)c(F)c45)[nH]c23)s1. The first-order valence-electron chi connectivity index (χ1n) is 11.9. The maximum Gasteiger partial charge on any atom is 0.184 e. The van der Waals surface area contributed by atoms with Crippen molar-refractivity contribution in [1.82, 2.24) is 40.0 Å². The lowest BCUT2D eigenvalue weighted by atomic mass is 10.0. The summed E-state index contributed by atoms with van der Waals surface area (Å²) in [5.41, 5.74) is 4.47. The second-order valence-corrected chi connectivity index (χ2v) is 10.1. The van der Waals surface area contributed by atoms with Gasteiger partial charge in [0.25, 0.3) is 0 Å². The number of likely N-dealkylation sites (tertiary alicyclic amines) is 1. The highest BCUT2D eigenvalue weighted by Crippen LogP contribution is 2.35. The third-order valence-corrected chi connectivity index (χ3v) is 7.60. The molecule has 1 aliphatic heterocycles. The highest BCUT2D eigenvalue weighted by Gasteiger charge is 2.22. The van der Waals surface area contributed by atoms with Crippen LogP contribution in [-0.4, -0.2) is 53.1 Å². The smallest absolute Gasteiger partial charge is 0.184 e. The summed E-state index contributed by atoms with van der Waals surface area (Å²) in [5, 5.41) is 7.03. The number of fused-ring (bicyclic) bond motifs is 2. The molecule has 6 aromatic heterocycles. The molecule has 7 rings (SSSR count). The van der Waals surface area contributed by atoms with Gasteiger partial charge < -0.3 is 4.98 Å². The maximum absolute atomic E-state index is 16.0. The van der Waals surface area contributed by atoms with Crippen molar-refractivity contribution in [2.75, 3.05) is 13.1 Å². The number of halogens is 2. The summed E-state index contributed by atoms with van der Waals surface area (Å²) < 4.78 is 29.7. The number of pyridine rings is 3. The lowest BCUT2D eigenvalue weighted by Crippen LogP contribution is -2.18. The summed E-state index contributed by atoms with van der Waals surface area (Å²) in [7, 11) is 0. The van der Waals surface area contributed by atoms with E-state index in [1.54, 1.807) is 24.5 Å². The van der Waals surface area contributed by atoms with Crippen LogP contribution in [0.25, 0.3) is 55.3 Å². The number of imidazole rings is 1. The topological polar surface area (TPSA) is 99.3 Å². The molecule has 8 nitrogen and oxygen atoms in total. The van der Waals surface area contributed by atoms with Crippen molar-refractivity contribution < 1.29 is 8.78 Å². The molecule has 0 radical (unpaired) electrons. The fraction of sp³-hybridized carbons (Fsp3) is 0.192. The van der Waals surface area contributed by atoms with E-state index in [2.05, 4.69) is 40.0 Å². The fourth-order valence-electron chi connectivity index (χ4n) is 4.94. The summed E-state index contributed by atoms with van der Waals surface area (Å²) in [6.45, 7) is 2.93. The molecule has 6 aromatic rings. The van der Waals surface area contributed by atoms with Crippen LogP contribution in [0.1, 0.15) is 18.4 Å². The predicted octanol–water partition coefficient (Wildman–Crippen LogP) is 5.56. The Morgan fingerprint density at radius 3 is 2.70 bits per heavy atom. The Kier molecular flexibility index (Phi) is 5.26. The van der Waals surface area contributed by atoms with Crippen molar-refractivity contribution in [1.29, 1.82) is 0 Å². The van der Waals surface area contributed by atoms with E-state index in [9.17, 15) is 4.39 Å². The largest absolute Gasteiger partial charge is 0.335 e. The molecular formula is C26H20F2N8S. The highest BCUT2D eigenvalue weighted by atomic mass is 32.1. The van der Waals surface area contributed by atoms with Gasteiger partial charge in [-0.15, -0.1) is 11.3 Å². The van der Waals surface area contributed by atoms with E-state index in [0.29, 0.717) is 33.8 Å². The first-order valence-corrected chi connectivity index (χ1v) is 12.8. The Labute approximate surface area is 213 Å². The molecule has 0 atom stereocenters. The summed E-state index contributed by atoms with van der Waals surface area (Å²) in [4.78, 5) is 24.0. The molecule has 0 aromatic carbocycles. The molecule has 7 heterocycles. The first kappa shape index (κ1) is 22.1. The minimum Gasteiger partial charge on any atom is -0.335 e. The van der Waals surface area contributed by atoms with Gasteiger partial charge in [0.05, 0.1) is 10.9 Å². The molecule has 0 saturated carbocycles. The minimum atomic E-state index is -0.456. The van der Waals surface area contributed by atoms with Crippen molar-refractivity contribution in [2.45, 2.75) is 19.4 Å². The van der Waals surface area contributed by atoms with Crippen LogP contribution in [0, 0.1) is 10.9 Å². The monoisotopic (exact) mass is 514 g/mol. The lowest BCUT2D eigenvalue weighted by molar-refractivity contribution is 0.331. The second-order valence-electron chi connectivity index (χ2n) is 9.09. The van der Waals surface area contributed by atoms with Gasteiger partial charge in [-0.05, 0) is 55.8 Å². The Hall–Kier alpha value is -4.09. The zero-order valence-electron chi connectivity index (χ0n) is 19.5. The van der Waals surface area contributed by atoms with E-state index in [-0.39, 0.29) is 16.2 Å². The second kappa shape index (κ2) is 8.79. The molecule has 1 saturated heterocycles. The normalized spacial score (nSPS) is 14.3. The molecule has 11 heteroatoms. The van der Waals surface area contributed by atoms with Crippen molar-refractivity contribution >= 4 is 33.5 Å². The van der Waals surface area contributed by atoms with Gasteiger partial charge >= 0.3 is 0 Å². The molecule has 0 unspecified atom stereocenters. The van der Waals surface area contributed by atoms with E-state index < -0.39 is 5.82 Å². The Morgan fingerprint density at radius 1 is 0.973 bits per heavy atom. The average Bonchev–Trinajstić information content (AvgIpc) is 3.70. The molecule has 0 amide bonds. The number of nitrogens with zero attached hydrogens (tertiary/aromatic N) is 6. The number of aromatic amines is 2. The Morgan fingerprint density at radius 2 is 1.86 bits per heavy atom. The number of thiophene rings is 1. The summed E-state index contributed by atoms with van der Waals surface area (Å²) in [5.74, 6) is -0.0870. The van der Waals surface area contributed by atoms with E-state index >= 15 is 4.39 Å². The molecule has 0 aliphatic carbocycles. The van der Waals surface area contributed by atoms with Gasteiger partial charge in [-0.25, -0.2) is 19.3 Å². The molecule has 0 spiro atoms.